The summed E-state index contributed by atoms with van der Waals surface area (Å²) in [6.07, 6.45) is -5.13. The van der Waals surface area contributed by atoms with Crippen LogP contribution in [0.5, 0.6) is 0 Å². The fraction of sp³-hybridized carbons (Fsp3) is 0.688. The van der Waals surface area contributed by atoms with Crippen molar-refractivity contribution in [3.05, 3.63) is 34.0 Å². The average molecular weight is 455 g/mol. The van der Waals surface area contributed by atoms with Crippen molar-refractivity contribution >= 4 is 16.7 Å². The number of rotatable bonds is 6. The van der Waals surface area contributed by atoms with Gasteiger partial charge in [0, 0.05) is 22.5 Å². The van der Waals surface area contributed by atoms with E-state index in [9.17, 15) is 35.6 Å². The lowest BCUT2D eigenvalue weighted by atomic mass is 10.1. The maximum atomic E-state index is 10.9. The van der Waals surface area contributed by atoms with E-state index < -0.39 is 57.9 Å². The van der Waals surface area contributed by atoms with Crippen LogP contribution in [0.1, 0.15) is 11.9 Å². The van der Waals surface area contributed by atoms with Gasteiger partial charge in [0.15, 0.2) is 11.5 Å². The van der Waals surface area contributed by atoms with Gasteiger partial charge in [0.05, 0.1) is 13.2 Å². The highest BCUT2D eigenvalue weighted by molar-refractivity contribution is 7.97. The van der Waals surface area contributed by atoms with Crippen LogP contribution >= 0.6 is 0 Å². The second-order valence-electron chi connectivity index (χ2n) is 6.75. The first-order chi connectivity index (χ1) is 13.3. The summed E-state index contributed by atoms with van der Waals surface area (Å²) in [4.78, 5) is 13.9. The first-order valence-corrected chi connectivity index (χ1v) is 10.3. The predicted molar refractivity (Wildman–Crippen MR) is 96.5 cm³/mol. The van der Waals surface area contributed by atoms with Gasteiger partial charge in [-0.15, -0.1) is 0 Å². The average Bonchev–Trinajstić information content (AvgIpc) is 2.94. The van der Waals surface area contributed by atoms with Crippen LogP contribution in [0.15, 0.2) is 18.3 Å². The predicted octanol–water partition coefficient (Wildman–Crippen LogP) is -5.16. The van der Waals surface area contributed by atoms with Crippen LogP contribution in [0.2, 0.25) is 0 Å². The topological polar surface area (TPSA) is 176 Å². The summed E-state index contributed by atoms with van der Waals surface area (Å²) >= 11 is 0. The molecule has 1 aromatic rings. The van der Waals surface area contributed by atoms with E-state index in [1.165, 1.54) is 18.3 Å². The molecule has 11 nitrogen and oxygen atoms in total. The van der Waals surface area contributed by atoms with Crippen LogP contribution in [0, 0.1) is 10.1 Å². The Balaban J connectivity index is 0.00000300. The number of nitro groups is 1. The molecule has 2 saturated heterocycles. The molecule has 1 aromatic heterocycles. The van der Waals surface area contributed by atoms with Crippen LogP contribution < -0.4 is 12.4 Å². The number of halogens is 1. The van der Waals surface area contributed by atoms with Crippen molar-refractivity contribution in [2.24, 2.45) is 0 Å². The molecule has 2 unspecified atom stereocenters. The van der Waals surface area contributed by atoms with Gasteiger partial charge in [-0.3, -0.25) is 0 Å². The molecule has 0 spiro atoms. The molecule has 0 bridgehead atoms. The summed E-state index contributed by atoms with van der Waals surface area (Å²) in [5, 5.41) is 60.3. The molecular weight excluding hydrogens is 432 g/mol. The van der Waals surface area contributed by atoms with Crippen LogP contribution in [0.3, 0.4) is 0 Å². The van der Waals surface area contributed by atoms with Crippen LogP contribution in [0.25, 0.3) is 0 Å². The highest BCUT2D eigenvalue weighted by Gasteiger charge is 2.51. The van der Waals surface area contributed by atoms with E-state index in [-0.39, 0.29) is 42.9 Å². The molecule has 3 rings (SSSR count). The largest absolute Gasteiger partial charge is 1.00 e. The molecule has 2 fully saturated rings. The molecule has 8 atom stereocenters. The molecule has 29 heavy (non-hydrogen) atoms. The van der Waals surface area contributed by atoms with E-state index in [1.807, 2.05) is 0 Å². The fourth-order valence-corrected chi connectivity index (χ4v) is 6.04. The number of hydrogen-bond donors (Lipinski definition) is 5. The Hall–Kier alpha value is -1.09. The zero-order valence-corrected chi connectivity index (χ0v) is 16.7. The maximum absolute atomic E-state index is 10.9. The molecule has 2 aliphatic rings. The maximum Gasteiger partial charge on any atom is 0.363 e. The van der Waals surface area contributed by atoms with Gasteiger partial charge in [-0.1, -0.05) is 0 Å². The van der Waals surface area contributed by atoms with Gasteiger partial charge in [0.2, 0.25) is 0 Å². The lowest BCUT2D eigenvalue weighted by molar-refractivity contribution is -0.389. The second kappa shape index (κ2) is 10.3. The quantitative estimate of drug-likeness (QED) is 0.159. The minimum absolute atomic E-state index is 0. The third-order valence-corrected chi connectivity index (χ3v) is 7.66. The standard InChI is InChI=1S/C16H23N2O9S.ClH/c19-4-12-14(23)10(21)6-28(12)7-11(22)15-9(20)5-26-16(27-15)8-1-2-17-13(3-8)18(24)25;/h1-3,9-12,14-16,19-23H,4-7H2;1H/q+1;/p-1/t9-,10-,11-,12-,14+,15+,16?,28?;/m1./s1. The second-order valence-corrected chi connectivity index (χ2v) is 9.10. The van der Waals surface area contributed by atoms with Gasteiger partial charge in [-0.25, -0.2) is 0 Å². The van der Waals surface area contributed by atoms with Crippen molar-refractivity contribution in [2.75, 3.05) is 24.7 Å². The number of aliphatic hydroxyl groups is 5. The summed E-state index contributed by atoms with van der Waals surface area (Å²) < 4.78 is 11.0. The Labute approximate surface area is 175 Å². The van der Waals surface area contributed by atoms with Crippen molar-refractivity contribution < 1.29 is 52.3 Å². The lowest BCUT2D eigenvalue weighted by Crippen LogP contribution is -3.00. The zero-order valence-electron chi connectivity index (χ0n) is 15.2. The van der Waals surface area contributed by atoms with Gasteiger partial charge in [0.1, 0.15) is 48.2 Å². The Morgan fingerprint density at radius 3 is 2.72 bits per heavy atom. The molecule has 13 heteroatoms. The van der Waals surface area contributed by atoms with Crippen molar-refractivity contribution in [1.82, 2.24) is 4.98 Å². The van der Waals surface area contributed by atoms with Crippen LogP contribution in [-0.2, 0) is 20.4 Å². The third kappa shape index (κ3) is 5.34. The minimum atomic E-state index is -1.15. The molecule has 2 aliphatic heterocycles. The number of aromatic nitrogens is 1. The molecular formula is C16H23ClN2O9S. The molecule has 164 valence electrons. The molecule has 5 N–H and O–H groups in total. The highest BCUT2D eigenvalue weighted by Crippen LogP contribution is 2.31. The van der Waals surface area contributed by atoms with Crippen molar-refractivity contribution in [3.63, 3.8) is 0 Å². The molecule has 0 radical (unpaired) electrons. The number of nitrogens with zero attached hydrogens (tertiary/aromatic N) is 2. The van der Waals surface area contributed by atoms with Crippen molar-refractivity contribution in [2.45, 2.75) is 42.1 Å². The third-order valence-electron chi connectivity index (χ3n) is 4.84. The van der Waals surface area contributed by atoms with Crippen molar-refractivity contribution in [3.8, 4) is 0 Å². The zero-order chi connectivity index (χ0) is 20.4. The first-order valence-electron chi connectivity index (χ1n) is 8.68. The molecule has 0 aliphatic carbocycles. The van der Waals surface area contributed by atoms with Gasteiger partial charge in [-0.05, 0) is 16.0 Å². The van der Waals surface area contributed by atoms with Gasteiger partial charge in [-0.2, -0.15) is 0 Å². The Morgan fingerprint density at radius 2 is 2.07 bits per heavy atom. The van der Waals surface area contributed by atoms with E-state index in [2.05, 4.69) is 4.98 Å². The van der Waals surface area contributed by atoms with E-state index in [0.29, 0.717) is 5.56 Å². The SMILES string of the molecule is O=[N+]([O-])c1cc(C2OC[C@@H](O)[C@@H]([C@H](O)C[S+]3C[C@@H](O)[C@H](O)[C@H]3CO)O2)ccn1.[Cl-]. The van der Waals surface area contributed by atoms with Gasteiger partial charge in [0.25, 0.3) is 0 Å². The van der Waals surface area contributed by atoms with Crippen LogP contribution in [0.4, 0.5) is 5.82 Å². The number of pyridine rings is 1. The smallest absolute Gasteiger partial charge is 0.363 e. The highest BCUT2D eigenvalue weighted by atomic mass is 35.5. The molecule has 0 aromatic carbocycles. The van der Waals surface area contributed by atoms with E-state index in [1.54, 1.807) is 0 Å². The monoisotopic (exact) mass is 454 g/mol. The number of ether oxygens (including phenoxy) is 2. The Kier molecular flexibility index (Phi) is 8.58. The molecule has 0 amide bonds. The van der Waals surface area contributed by atoms with E-state index in [4.69, 9.17) is 9.47 Å². The lowest BCUT2D eigenvalue weighted by Gasteiger charge is -2.36. The Morgan fingerprint density at radius 1 is 1.34 bits per heavy atom. The van der Waals surface area contributed by atoms with E-state index in [0.717, 1.165) is 0 Å². The normalized spacial score (nSPS) is 35.7. The van der Waals surface area contributed by atoms with Gasteiger partial charge >= 0.3 is 5.82 Å². The molecule has 0 saturated carbocycles. The Bertz CT molecular complexity index is 702. The summed E-state index contributed by atoms with van der Waals surface area (Å²) in [7, 11) is -0.669. The van der Waals surface area contributed by atoms with Crippen molar-refractivity contribution in [1.29, 1.82) is 0 Å². The molecule has 3 heterocycles. The minimum Gasteiger partial charge on any atom is -1.00 e. The fourth-order valence-electron chi connectivity index (χ4n) is 3.36. The van der Waals surface area contributed by atoms with E-state index >= 15 is 0 Å². The summed E-state index contributed by atoms with van der Waals surface area (Å²) in [5.74, 6) is -0.0262. The summed E-state index contributed by atoms with van der Waals surface area (Å²) in [6.45, 7) is -0.473. The first kappa shape index (κ1) is 24.2. The van der Waals surface area contributed by atoms with Gasteiger partial charge < -0.3 is 57.5 Å². The number of hydrogen-bond acceptors (Lipinski definition) is 10. The number of aliphatic hydroxyl groups excluding tert-OH is 5. The van der Waals surface area contributed by atoms with Crippen LogP contribution in [-0.4, -0.2) is 95.9 Å². The summed E-state index contributed by atoms with van der Waals surface area (Å²) in [5.41, 5.74) is 0.327. The summed E-state index contributed by atoms with van der Waals surface area (Å²) in [6, 6.07) is 2.67.